The number of nitrogens with two attached hydrogens (primary N) is 1. The van der Waals surface area contributed by atoms with Gasteiger partial charge in [0.05, 0.1) is 38.2 Å². The van der Waals surface area contributed by atoms with E-state index >= 15 is 0 Å². The number of anilines is 4. The fourth-order valence-electron chi connectivity index (χ4n) is 7.12. The molecule has 1 saturated heterocycles. The molecular formula is C43H47BrFN9O8S. The number of unbranched alkanes of at least 4 members (excludes halogenated alkanes) is 7. The SMILES string of the molecule is Cc1cc([S+]([O-])NCCCCCCCCCCNC(=O)COc2cccc3c2C(=O)N(C2CCC(=O)NC2=O)C3=O)ccc1Nc1ncc(Br)c(Nc2cccc(F)c2C(N)=O)n1. The Balaban J connectivity index is 0.818. The van der Waals surface area contributed by atoms with Gasteiger partial charge in [-0.3, -0.25) is 39.0 Å². The predicted octanol–water partition coefficient (Wildman–Crippen LogP) is 5.60. The summed E-state index contributed by atoms with van der Waals surface area (Å²) in [5.41, 5.74) is 6.82. The second kappa shape index (κ2) is 21.9. The average Bonchev–Trinajstić information content (AvgIpc) is 3.50. The minimum Gasteiger partial charge on any atom is -0.593 e. The molecule has 3 heterocycles. The molecule has 7 N–H and O–H groups in total. The lowest BCUT2D eigenvalue weighted by molar-refractivity contribution is -0.136. The summed E-state index contributed by atoms with van der Waals surface area (Å²) in [6, 6.07) is 12.9. The fraction of sp³-hybridized carbons (Fsp3) is 0.349. The highest BCUT2D eigenvalue weighted by molar-refractivity contribution is 9.10. The van der Waals surface area contributed by atoms with E-state index in [1.54, 1.807) is 12.1 Å². The number of primary amides is 1. The van der Waals surface area contributed by atoms with Gasteiger partial charge in [-0.15, -0.1) is 4.72 Å². The molecule has 1 fully saturated rings. The van der Waals surface area contributed by atoms with Crippen molar-refractivity contribution < 1.29 is 42.4 Å². The highest BCUT2D eigenvalue weighted by atomic mass is 79.9. The van der Waals surface area contributed by atoms with Gasteiger partial charge < -0.3 is 31.0 Å². The predicted molar refractivity (Wildman–Crippen MR) is 235 cm³/mol. The van der Waals surface area contributed by atoms with E-state index in [4.69, 9.17) is 10.5 Å². The third-order valence-electron chi connectivity index (χ3n) is 10.4. The van der Waals surface area contributed by atoms with Gasteiger partial charge in [-0.25, -0.2) is 9.37 Å². The number of aromatic nitrogens is 2. The Morgan fingerprint density at radius 3 is 2.38 bits per heavy atom. The van der Waals surface area contributed by atoms with Gasteiger partial charge in [-0.2, -0.15) is 4.98 Å². The van der Waals surface area contributed by atoms with Crippen LogP contribution in [0.1, 0.15) is 101 Å². The zero-order valence-electron chi connectivity index (χ0n) is 34.4. The number of hydrogen-bond donors (Lipinski definition) is 6. The molecule has 0 radical (unpaired) electrons. The first-order chi connectivity index (χ1) is 30.3. The van der Waals surface area contributed by atoms with Crippen molar-refractivity contribution in [1.29, 1.82) is 0 Å². The molecule has 0 bridgehead atoms. The first kappa shape index (κ1) is 46.5. The molecule has 2 unspecified atom stereocenters. The van der Waals surface area contributed by atoms with Crippen LogP contribution in [0.3, 0.4) is 0 Å². The molecule has 20 heteroatoms. The lowest BCUT2D eigenvalue weighted by Crippen LogP contribution is -2.54. The van der Waals surface area contributed by atoms with Crippen molar-refractivity contribution in [1.82, 2.24) is 30.2 Å². The van der Waals surface area contributed by atoms with Gasteiger partial charge in [0.2, 0.25) is 17.8 Å². The Bertz CT molecular complexity index is 2390. The zero-order chi connectivity index (χ0) is 45.0. The number of rotatable bonds is 22. The number of imide groups is 2. The van der Waals surface area contributed by atoms with Crippen molar-refractivity contribution >= 4 is 85.9 Å². The normalized spacial score (nSPS) is 15.2. The average molecular weight is 949 g/mol. The quantitative estimate of drug-likeness (QED) is 0.0319. The first-order valence-electron chi connectivity index (χ1n) is 20.5. The molecule has 2 aliphatic rings. The summed E-state index contributed by atoms with van der Waals surface area (Å²) in [5, 5.41) is 11.1. The van der Waals surface area contributed by atoms with Crippen LogP contribution in [0.2, 0.25) is 0 Å². The van der Waals surface area contributed by atoms with Gasteiger partial charge >= 0.3 is 0 Å². The van der Waals surface area contributed by atoms with E-state index in [-0.39, 0.29) is 65.2 Å². The molecule has 63 heavy (non-hydrogen) atoms. The molecule has 2 aliphatic heterocycles. The Morgan fingerprint density at radius 1 is 0.952 bits per heavy atom. The maximum absolute atomic E-state index is 14.3. The summed E-state index contributed by atoms with van der Waals surface area (Å²) >= 11 is 1.97. The Labute approximate surface area is 374 Å². The molecule has 6 rings (SSSR count). The number of amides is 6. The maximum Gasteiger partial charge on any atom is 0.266 e. The number of piperidine rings is 1. The summed E-state index contributed by atoms with van der Waals surface area (Å²) in [6.07, 6.45) is 9.37. The van der Waals surface area contributed by atoms with Crippen LogP contribution in [-0.2, 0) is 25.7 Å². The van der Waals surface area contributed by atoms with Crippen LogP contribution >= 0.6 is 15.9 Å². The van der Waals surface area contributed by atoms with Crippen molar-refractivity contribution in [3.05, 3.63) is 93.3 Å². The third kappa shape index (κ3) is 11.9. The number of carbonyl (C=O) groups is 6. The Kier molecular flexibility index (Phi) is 16.2. The summed E-state index contributed by atoms with van der Waals surface area (Å²) in [7, 11) is 0. The number of aryl methyl sites for hydroxylation is 1. The second-order valence-corrected chi connectivity index (χ2v) is 17.1. The van der Waals surface area contributed by atoms with E-state index in [0.717, 1.165) is 67.9 Å². The smallest absolute Gasteiger partial charge is 0.266 e. The van der Waals surface area contributed by atoms with Crippen molar-refractivity contribution in [2.75, 3.05) is 30.3 Å². The van der Waals surface area contributed by atoms with E-state index in [9.17, 15) is 37.7 Å². The van der Waals surface area contributed by atoms with Gasteiger partial charge in [0.25, 0.3) is 23.6 Å². The topological polar surface area (TPSA) is 250 Å². The van der Waals surface area contributed by atoms with Gasteiger partial charge in [0.1, 0.15) is 23.4 Å². The van der Waals surface area contributed by atoms with Crippen LogP contribution in [-0.4, -0.2) is 80.6 Å². The van der Waals surface area contributed by atoms with Crippen molar-refractivity contribution in [3.63, 3.8) is 0 Å². The van der Waals surface area contributed by atoms with Crippen LogP contribution in [0.5, 0.6) is 5.75 Å². The van der Waals surface area contributed by atoms with E-state index in [2.05, 4.69) is 51.9 Å². The lowest BCUT2D eigenvalue weighted by Gasteiger charge is -2.27. The Morgan fingerprint density at radius 2 is 1.67 bits per heavy atom. The standard InChI is InChI=1S/C43H47BrFN9O8S/c1-25-22-26(16-17-30(25)51-43-48-23-28(44)39(53-43)50-31-14-11-13-29(45)37(31)38(46)57)63(61)49-21-9-7-5-3-2-4-6-8-20-47-35(56)24-62-33-15-10-12-27-36(33)42(60)54(41(27)59)32-18-19-34(55)52-40(32)58/h10-17,22-23,32,49H,2-9,18-21,24H2,1H3,(H2,46,57)(H,47,56)(H,52,55,58)(H2,48,50,51,53). The summed E-state index contributed by atoms with van der Waals surface area (Å²) < 4.78 is 36.4. The molecule has 1 aromatic heterocycles. The molecule has 0 spiro atoms. The van der Waals surface area contributed by atoms with E-state index < -0.39 is 52.8 Å². The van der Waals surface area contributed by atoms with Crippen molar-refractivity contribution in [2.24, 2.45) is 5.73 Å². The lowest BCUT2D eigenvalue weighted by atomic mass is 10.0. The number of nitrogens with one attached hydrogen (secondary N) is 5. The minimum absolute atomic E-state index is 0.00673. The number of benzene rings is 3. The molecule has 3 aromatic carbocycles. The summed E-state index contributed by atoms with van der Waals surface area (Å²) in [4.78, 5) is 84.7. The molecule has 0 aliphatic carbocycles. The number of hydrogen-bond acceptors (Lipinski definition) is 13. The van der Waals surface area contributed by atoms with Crippen LogP contribution in [0.4, 0.5) is 27.5 Å². The third-order valence-corrected chi connectivity index (χ3v) is 12.1. The van der Waals surface area contributed by atoms with Crippen LogP contribution in [0, 0.1) is 12.7 Å². The highest BCUT2D eigenvalue weighted by Crippen LogP contribution is 2.34. The van der Waals surface area contributed by atoms with Gasteiger partial charge in [-0.05, 0) is 84.1 Å². The molecule has 2 atom stereocenters. The molecule has 6 amide bonds. The minimum atomic E-state index is -1.40. The molecular weight excluding hydrogens is 901 g/mol. The number of fused-ring (bicyclic) bond motifs is 1. The van der Waals surface area contributed by atoms with Crippen LogP contribution in [0.15, 0.2) is 70.2 Å². The van der Waals surface area contributed by atoms with Crippen molar-refractivity contribution in [2.45, 2.75) is 82.1 Å². The maximum atomic E-state index is 14.3. The van der Waals surface area contributed by atoms with Crippen molar-refractivity contribution in [3.8, 4) is 5.75 Å². The highest BCUT2D eigenvalue weighted by Gasteiger charge is 2.46. The largest absolute Gasteiger partial charge is 0.593 e. The van der Waals surface area contributed by atoms with Crippen LogP contribution < -0.4 is 36.5 Å². The Hall–Kier alpha value is -5.96. The monoisotopic (exact) mass is 947 g/mol. The molecule has 17 nitrogen and oxygen atoms in total. The summed E-state index contributed by atoms with van der Waals surface area (Å²) in [6.45, 7) is 2.59. The molecule has 332 valence electrons. The van der Waals surface area contributed by atoms with Gasteiger partial charge in [0.15, 0.2) is 11.5 Å². The molecule has 4 aromatic rings. The van der Waals surface area contributed by atoms with E-state index in [1.165, 1.54) is 36.5 Å². The molecule has 0 saturated carbocycles. The van der Waals surface area contributed by atoms with E-state index in [1.807, 2.05) is 13.0 Å². The number of halogens is 2. The number of ether oxygens (including phenoxy) is 1. The van der Waals surface area contributed by atoms with Crippen LogP contribution in [0.25, 0.3) is 0 Å². The summed E-state index contributed by atoms with van der Waals surface area (Å²) in [5.74, 6) is -3.96. The number of carbonyl (C=O) groups excluding carboxylic acids is 6. The fourth-order valence-corrected chi connectivity index (χ4v) is 8.38. The second-order valence-electron chi connectivity index (χ2n) is 14.9. The van der Waals surface area contributed by atoms with Gasteiger partial charge in [-0.1, -0.05) is 50.7 Å². The zero-order valence-corrected chi connectivity index (χ0v) is 36.8. The first-order valence-corrected chi connectivity index (χ1v) is 22.4. The van der Waals surface area contributed by atoms with Gasteiger partial charge in [0, 0.05) is 37.5 Å². The number of nitrogens with zero attached hydrogens (tertiary/aromatic N) is 3. The van der Waals surface area contributed by atoms with E-state index in [0.29, 0.717) is 28.1 Å².